The smallest absolute Gasteiger partial charge is 0.247 e. The molecule has 1 heterocycles. The number of carbonyl (C=O) groups is 3. The number of thioether (sulfide) groups is 1. The molecule has 0 radical (unpaired) electrons. The van der Waals surface area contributed by atoms with Gasteiger partial charge in [0.2, 0.25) is 17.7 Å². The number of amides is 3. The van der Waals surface area contributed by atoms with Crippen LogP contribution in [0.4, 0.5) is 22.7 Å². The Morgan fingerprint density at radius 2 is 1.49 bits per heavy atom. The molecule has 39 heavy (non-hydrogen) atoms. The summed E-state index contributed by atoms with van der Waals surface area (Å²) in [5.74, 6) is -0.649. The average Bonchev–Trinajstić information content (AvgIpc) is 3.23. The molecular weight excluding hydrogens is 532 g/mol. The molecule has 0 unspecified atom stereocenters. The van der Waals surface area contributed by atoms with Crippen molar-refractivity contribution >= 4 is 63.8 Å². The maximum absolute atomic E-state index is 13.1. The summed E-state index contributed by atoms with van der Waals surface area (Å²) >= 11 is 7.22. The maximum Gasteiger partial charge on any atom is 0.247 e. The first-order valence-corrected chi connectivity index (χ1v) is 13.4. The maximum atomic E-state index is 13.1. The molecule has 1 N–H and O–H groups in total. The van der Waals surface area contributed by atoms with Gasteiger partial charge >= 0.3 is 0 Å². The first-order chi connectivity index (χ1) is 18.9. The van der Waals surface area contributed by atoms with Crippen molar-refractivity contribution in [2.24, 2.45) is 10.2 Å². The molecule has 9 heteroatoms. The van der Waals surface area contributed by atoms with Gasteiger partial charge < -0.3 is 5.32 Å². The van der Waals surface area contributed by atoms with Crippen LogP contribution in [-0.4, -0.2) is 23.0 Å². The Morgan fingerprint density at radius 3 is 2.15 bits per heavy atom. The molecule has 1 aliphatic heterocycles. The number of benzene rings is 4. The number of halogens is 1. The van der Waals surface area contributed by atoms with Crippen molar-refractivity contribution in [2.45, 2.75) is 23.0 Å². The number of azo groups is 1. The van der Waals surface area contributed by atoms with Gasteiger partial charge in [0.05, 0.1) is 28.7 Å². The Bertz CT molecular complexity index is 1510. The SMILES string of the molecule is O=C(Cc1ccc(Cl)cc1)Nc1ccc(S[C@H]2CC(=O)N(c3ccc(N=Nc4ccccc4)cc3)C2=O)cc1. The summed E-state index contributed by atoms with van der Waals surface area (Å²) in [6, 6.07) is 30.6. The summed E-state index contributed by atoms with van der Waals surface area (Å²) in [6.45, 7) is 0. The molecule has 1 atom stereocenters. The zero-order valence-corrected chi connectivity index (χ0v) is 22.2. The molecule has 0 bridgehead atoms. The second kappa shape index (κ2) is 12.1. The van der Waals surface area contributed by atoms with Crippen LogP contribution in [0, 0.1) is 0 Å². The van der Waals surface area contributed by atoms with Crippen LogP contribution in [0.1, 0.15) is 12.0 Å². The quantitative estimate of drug-likeness (QED) is 0.182. The highest BCUT2D eigenvalue weighted by atomic mass is 35.5. The lowest BCUT2D eigenvalue weighted by molar-refractivity contribution is -0.121. The van der Waals surface area contributed by atoms with Crippen molar-refractivity contribution in [3.63, 3.8) is 0 Å². The largest absolute Gasteiger partial charge is 0.326 e. The zero-order valence-electron chi connectivity index (χ0n) is 20.7. The van der Waals surface area contributed by atoms with Gasteiger partial charge in [0.15, 0.2) is 0 Å². The second-order valence-electron chi connectivity index (χ2n) is 8.81. The van der Waals surface area contributed by atoms with Crippen molar-refractivity contribution in [3.8, 4) is 0 Å². The fourth-order valence-corrected chi connectivity index (χ4v) is 5.20. The van der Waals surface area contributed by atoms with E-state index in [1.165, 1.54) is 16.7 Å². The van der Waals surface area contributed by atoms with E-state index in [1.54, 1.807) is 48.5 Å². The van der Waals surface area contributed by atoms with E-state index >= 15 is 0 Å². The van der Waals surface area contributed by atoms with Crippen LogP contribution in [0.25, 0.3) is 0 Å². The third-order valence-electron chi connectivity index (χ3n) is 5.94. The summed E-state index contributed by atoms with van der Waals surface area (Å²) in [6.07, 6.45) is 0.345. The molecule has 1 saturated heterocycles. The highest BCUT2D eigenvalue weighted by Gasteiger charge is 2.40. The van der Waals surface area contributed by atoms with Crippen LogP contribution in [0.15, 0.2) is 118 Å². The van der Waals surface area contributed by atoms with Crippen LogP contribution in [0.3, 0.4) is 0 Å². The lowest BCUT2D eigenvalue weighted by Gasteiger charge is -2.15. The predicted octanol–water partition coefficient (Wildman–Crippen LogP) is 7.36. The second-order valence-corrected chi connectivity index (χ2v) is 10.5. The van der Waals surface area contributed by atoms with E-state index in [4.69, 9.17) is 11.6 Å². The fourth-order valence-electron chi connectivity index (χ4n) is 4.02. The number of hydrogen-bond donors (Lipinski definition) is 1. The van der Waals surface area contributed by atoms with Crippen LogP contribution in [0.5, 0.6) is 0 Å². The minimum absolute atomic E-state index is 0.110. The van der Waals surface area contributed by atoms with E-state index in [2.05, 4.69) is 15.5 Å². The molecule has 7 nitrogen and oxygen atoms in total. The number of carbonyl (C=O) groups excluding carboxylic acids is 3. The van der Waals surface area contributed by atoms with E-state index in [9.17, 15) is 14.4 Å². The first-order valence-electron chi connectivity index (χ1n) is 12.2. The van der Waals surface area contributed by atoms with Gasteiger partial charge in [0.1, 0.15) is 0 Å². The Morgan fingerprint density at radius 1 is 0.846 bits per heavy atom. The summed E-state index contributed by atoms with van der Waals surface area (Å²) in [5, 5.41) is 11.3. The van der Waals surface area contributed by atoms with Crippen molar-refractivity contribution in [2.75, 3.05) is 10.2 Å². The van der Waals surface area contributed by atoms with Gasteiger partial charge in [-0.1, -0.05) is 41.9 Å². The third-order valence-corrected chi connectivity index (χ3v) is 7.39. The average molecular weight is 555 g/mol. The van der Waals surface area contributed by atoms with Gasteiger partial charge in [0.25, 0.3) is 0 Å². The van der Waals surface area contributed by atoms with Crippen LogP contribution in [-0.2, 0) is 20.8 Å². The first kappa shape index (κ1) is 26.3. The van der Waals surface area contributed by atoms with E-state index in [0.29, 0.717) is 22.1 Å². The summed E-state index contributed by atoms with van der Waals surface area (Å²) in [7, 11) is 0. The lowest BCUT2D eigenvalue weighted by Crippen LogP contribution is -2.30. The number of nitrogens with zero attached hydrogens (tertiary/aromatic N) is 3. The Balaban J connectivity index is 1.17. The molecular formula is C30H23ClN4O3S. The molecule has 194 valence electrons. The number of rotatable bonds is 8. The number of nitrogens with one attached hydrogen (secondary N) is 1. The van der Waals surface area contributed by atoms with Crippen LogP contribution >= 0.6 is 23.4 Å². The molecule has 0 saturated carbocycles. The number of anilines is 2. The van der Waals surface area contributed by atoms with Gasteiger partial charge in [-0.05, 0) is 78.4 Å². The highest BCUT2D eigenvalue weighted by Crippen LogP contribution is 2.35. The molecule has 4 aromatic rings. The van der Waals surface area contributed by atoms with Crippen molar-refractivity contribution in [3.05, 3.63) is 114 Å². The normalized spacial score (nSPS) is 15.2. The fraction of sp³-hybridized carbons (Fsp3) is 0.100. The van der Waals surface area contributed by atoms with Crippen molar-refractivity contribution in [1.82, 2.24) is 0 Å². The molecule has 1 aliphatic rings. The standard InChI is InChI=1S/C30H23ClN4O3S/c31-21-8-6-20(7-9-21)18-28(36)32-22-12-16-26(17-13-22)39-27-19-29(37)35(30(27)38)25-14-10-24(11-15-25)34-33-23-4-2-1-3-5-23/h1-17,27H,18-19H2,(H,32,36)/t27-/m0/s1. The van der Waals surface area contributed by atoms with Gasteiger partial charge in [-0.3, -0.25) is 14.4 Å². The topological polar surface area (TPSA) is 91.2 Å². The van der Waals surface area contributed by atoms with E-state index in [-0.39, 0.29) is 30.6 Å². The Hall–Kier alpha value is -4.27. The Kier molecular flexibility index (Phi) is 8.15. The minimum atomic E-state index is -0.528. The lowest BCUT2D eigenvalue weighted by atomic mass is 10.1. The molecule has 1 fully saturated rings. The molecule has 0 aromatic heterocycles. The van der Waals surface area contributed by atoms with Gasteiger partial charge in [-0.15, -0.1) is 11.8 Å². The summed E-state index contributed by atoms with van der Waals surface area (Å²) in [5.41, 5.74) is 3.38. The summed E-state index contributed by atoms with van der Waals surface area (Å²) in [4.78, 5) is 40.2. The van der Waals surface area contributed by atoms with E-state index in [0.717, 1.165) is 16.1 Å². The summed E-state index contributed by atoms with van der Waals surface area (Å²) < 4.78 is 0. The van der Waals surface area contributed by atoms with Gasteiger partial charge in [0, 0.05) is 22.0 Å². The van der Waals surface area contributed by atoms with E-state index < -0.39 is 5.25 Å². The third kappa shape index (κ3) is 6.79. The van der Waals surface area contributed by atoms with Crippen molar-refractivity contribution < 1.29 is 14.4 Å². The van der Waals surface area contributed by atoms with Crippen LogP contribution < -0.4 is 10.2 Å². The zero-order chi connectivity index (χ0) is 27.2. The molecule has 0 spiro atoms. The Labute approximate surface area is 234 Å². The molecule has 3 amide bonds. The molecule has 5 rings (SSSR count). The predicted molar refractivity (Wildman–Crippen MR) is 154 cm³/mol. The van der Waals surface area contributed by atoms with Crippen LogP contribution in [0.2, 0.25) is 5.02 Å². The van der Waals surface area contributed by atoms with E-state index in [1.807, 2.05) is 54.6 Å². The highest BCUT2D eigenvalue weighted by molar-refractivity contribution is 8.00. The van der Waals surface area contributed by atoms with Crippen molar-refractivity contribution in [1.29, 1.82) is 0 Å². The molecule has 0 aliphatic carbocycles. The van der Waals surface area contributed by atoms with Gasteiger partial charge in [-0.2, -0.15) is 10.2 Å². The minimum Gasteiger partial charge on any atom is -0.326 e. The number of hydrogen-bond acceptors (Lipinski definition) is 6. The molecule has 4 aromatic carbocycles. The van der Waals surface area contributed by atoms with Gasteiger partial charge in [-0.25, -0.2) is 4.90 Å². The number of imide groups is 1. The monoisotopic (exact) mass is 554 g/mol.